The monoisotopic (exact) mass is 315 g/mol. The van der Waals surface area contributed by atoms with Gasteiger partial charge in [-0.1, -0.05) is 24.3 Å². The van der Waals surface area contributed by atoms with Crippen LogP contribution in [0.2, 0.25) is 0 Å². The number of fused-ring (bicyclic) bond motifs is 5. The molecule has 1 N–H and O–H groups in total. The minimum absolute atomic E-state index is 0.271. The Labute approximate surface area is 130 Å². The fourth-order valence-electron chi connectivity index (χ4n) is 3.74. The Hall–Kier alpha value is -2.01. The molecular formula is C17H17NO3S. The third kappa shape index (κ3) is 2.08. The maximum atomic E-state index is 11.4. The highest BCUT2D eigenvalue weighted by atomic mass is 32.2. The number of aryl methyl sites for hydroxylation is 1. The van der Waals surface area contributed by atoms with E-state index in [2.05, 4.69) is 29.6 Å². The Morgan fingerprint density at radius 2 is 1.95 bits per heavy atom. The van der Waals surface area contributed by atoms with Gasteiger partial charge in [0.1, 0.15) is 5.75 Å². The van der Waals surface area contributed by atoms with Crippen LogP contribution in [0.5, 0.6) is 5.75 Å². The number of rotatable bonds is 2. The predicted molar refractivity (Wildman–Crippen MR) is 86.1 cm³/mol. The Morgan fingerprint density at radius 3 is 2.73 bits per heavy atom. The molecule has 1 heterocycles. The summed E-state index contributed by atoms with van der Waals surface area (Å²) >= 11 is 0. The molecule has 0 spiro atoms. The van der Waals surface area contributed by atoms with Gasteiger partial charge in [0.2, 0.25) is 0 Å². The van der Waals surface area contributed by atoms with Crippen molar-refractivity contribution in [1.29, 1.82) is 0 Å². The van der Waals surface area contributed by atoms with Gasteiger partial charge in [-0.3, -0.25) is 0 Å². The first-order valence-corrected chi connectivity index (χ1v) is 9.12. The Balaban J connectivity index is 1.84. The van der Waals surface area contributed by atoms with Crippen LogP contribution in [-0.2, 0) is 16.5 Å². The molecule has 1 aliphatic carbocycles. The van der Waals surface area contributed by atoms with Crippen LogP contribution >= 0.6 is 0 Å². The second-order valence-corrected chi connectivity index (χ2v) is 7.70. The normalized spacial score (nSPS) is 21.7. The summed E-state index contributed by atoms with van der Waals surface area (Å²) in [4.78, 5) is 0. The maximum absolute atomic E-state index is 11.4. The molecule has 0 unspecified atom stereocenters. The topological polar surface area (TPSA) is 55.4 Å². The van der Waals surface area contributed by atoms with Crippen LogP contribution in [-0.4, -0.2) is 20.7 Å². The molecule has 0 amide bonds. The average molecular weight is 315 g/mol. The van der Waals surface area contributed by atoms with Crippen LogP contribution in [0.25, 0.3) is 0 Å². The first kappa shape index (κ1) is 13.6. The zero-order valence-corrected chi connectivity index (χ0v) is 13.3. The Bertz CT molecular complexity index is 873. The van der Waals surface area contributed by atoms with E-state index < -0.39 is 10.1 Å². The predicted octanol–water partition coefficient (Wildman–Crippen LogP) is 2.82. The molecule has 2 aliphatic rings. The summed E-state index contributed by atoms with van der Waals surface area (Å²) in [7, 11) is -3.51. The molecule has 2 aromatic carbocycles. The molecule has 2 aromatic rings. The van der Waals surface area contributed by atoms with Crippen molar-refractivity contribution in [3.8, 4) is 5.75 Å². The molecule has 4 rings (SSSR count). The van der Waals surface area contributed by atoms with Crippen LogP contribution in [0.4, 0.5) is 5.69 Å². The van der Waals surface area contributed by atoms with Gasteiger partial charge in [0.15, 0.2) is 0 Å². The SMILES string of the molecule is Cc1cc(OS(C)(=O)=O)cc2c1N[C@@H]1Cc3ccccc3[C@H]21. The summed E-state index contributed by atoms with van der Waals surface area (Å²) in [6.45, 7) is 1.98. The van der Waals surface area contributed by atoms with Crippen molar-refractivity contribution in [3.05, 3.63) is 58.7 Å². The standard InChI is InChI=1S/C17H17NO3S/c1-10-7-12(21-22(2,19)20)9-14-16-13-6-4-3-5-11(13)8-15(16)18-17(10)14/h3-7,9,15-16,18H,8H2,1-2H3/t15-,16-/m1/s1. The molecule has 0 radical (unpaired) electrons. The summed E-state index contributed by atoms with van der Waals surface area (Å²) in [5, 5.41) is 3.60. The van der Waals surface area contributed by atoms with Crippen molar-refractivity contribution in [2.24, 2.45) is 0 Å². The molecule has 0 saturated heterocycles. The highest BCUT2D eigenvalue weighted by molar-refractivity contribution is 7.86. The third-order valence-corrected chi connectivity index (χ3v) is 4.98. The van der Waals surface area contributed by atoms with E-state index >= 15 is 0 Å². The van der Waals surface area contributed by atoms with E-state index in [4.69, 9.17) is 4.18 Å². The van der Waals surface area contributed by atoms with E-state index in [1.165, 1.54) is 11.1 Å². The van der Waals surface area contributed by atoms with Crippen LogP contribution in [0.3, 0.4) is 0 Å². The quantitative estimate of drug-likeness (QED) is 0.866. The van der Waals surface area contributed by atoms with Crippen LogP contribution in [0, 0.1) is 6.92 Å². The summed E-state index contributed by atoms with van der Waals surface area (Å²) in [5.74, 6) is 0.665. The molecule has 2 atom stereocenters. The lowest BCUT2D eigenvalue weighted by molar-refractivity contribution is 0.492. The summed E-state index contributed by atoms with van der Waals surface area (Å²) in [6, 6.07) is 12.4. The van der Waals surface area contributed by atoms with Gasteiger partial charge >= 0.3 is 10.1 Å². The van der Waals surface area contributed by atoms with E-state index in [-0.39, 0.29) is 5.92 Å². The lowest BCUT2D eigenvalue weighted by Gasteiger charge is -2.13. The molecule has 0 aromatic heterocycles. The molecule has 1 aliphatic heterocycles. The van der Waals surface area contributed by atoms with Gasteiger partial charge in [0.25, 0.3) is 0 Å². The van der Waals surface area contributed by atoms with Crippen molar-refractivity contribution in [2.45, 2.75) is 25.3 Å². The van der Waals surface area contributed by atoms with E-state index in [1.807, 2.05) is 13.0 Å². The van der Waals surface area contributed by atoms with Crippen molar-refractivity contribution < 1.29 is 12.6 Å². The molecule has 22 heavy (non-hydrogen) atoms. The van der Waals surface area contributed by atoms with Crippen molar-refractivity contribution >= 4 is 15.8 Å². The number of hydrogen-bond acceptors (Lipinski definition) is 4. The summed E-state index contributed by atoms with van der Waals surface area (Å²) in [6.07, 6.45) is 2.07. The van der Waals surface area contributed by atoms with Crippen LogP contribution in [0.15, 0.2) is 36.4 Å². The lowest BCUT2D eigenvalue weighted by atomic mass is 9.92. The average Bonchev–Trinajstić information content (AvgIpc) is 2.93. The van der Waals surface area contributed by atoms with Gasteiger partial charge in [-0.15, -0.1) is 0 Å². The smallest absolute Gasteiger partial charge is 0.306 e. The molecule has 114 valence electrons. The highest BCUT2D eigenvalue weighted by Crippen LogP contribution is 2.49. The number of nitrogens with one attached hydrogen (secondary N) is 1. The minimum Gasteiger partial charge on any atom is -0.383 e. The first-order valence-electron chi connectivity index (χ1n) is 7.31. The van der Waals surface area contributed by atoms with E-state index in [0.29, 0.717) is 11.8 Å². The van der Waals surface area contributed by atoms with Gasteiger partial charge in [0.05, 0.1) is 6.26 Å². The molecule has 0 fully saturated rings. The zero-order valence-electron chi connectivity index (χ0n) is 12.5. The van der Waals surface area contributed by atoms with Crippen molar-refractivity contribution in [1.82, 2.24) is 0 Å². The molecule has 0 bridgehead atoms. The molecular weight excluding hydrogens is 298 g/mol. The van der Waals surface area contributed by atoms with E-state index in [9.17, 15) is 8.42 Å². The fourth-order valence-corrected chi connectivity index (χ4v) is 4.19. The van der Waals surface area contributed by atoms with Crippen LogP contribution < -0.4 is 9.50 Å². The molecule has 5 heteroatoms. The minimum atomic E-state index is -3.51. The number of anilines is 1. The van der Waals surface area contributed by atoms with Gasteiger partial charge in [-0.05, 0) is 47.7 Å². The van der Waals surface area contributed by atoms with Crippen molar-refractivity contribution in [2.75, 3.05) is 11.6 Å². The maximum Gasteiger partial charge on any atom is 0.306 e. The fraction of sp³-hybridized carbons (Fsp3) is 0.294. The van der Waals surface area contributed by atoms with E-state index in [0.717, 1.165) is 29.5 Å². The highest BCUT2D eigenvalue weighted by Gasteiger charge is 2.40. The summed E-state index contributed by atoms with van der Waals surface area (Å²) < 4.78 is 27.9. The second kappa shape index (κ2) is 4.49. The second-order valence-electron chi connectivity index (χ2n) is 6.12. The van der Waals surface area contributed by atoms with E-state index in [1.54, 1.807) is 6.07 Å². The number of hydrogen-bond donors (Lipinski definition) is 1. The van der Waals surface area contributed by atoms with Crippen LogP contribution in [0.1, 0.15) is 28.2 Å². The molecule has 0 saturated carbocycles. The van der Waals surface area contributed by atoms with Gasteiger partial charge < -0.3 is 9.50 Å². The van der Waals surface area contributed by atoms with Crippen molar-refractivity contribution in [3.63, 3.8) is 0 Å². The lowest BCUT2D eigenvalue weighted by Crippen LogP contribution is -2.17. The molecule has 4 nitrogen and oxygen atoms in total. The van der Waals surface area contributed by atoms with Gasteiger partial charge in [-0.25, -0.2) is 0 Å². The number of benzene rings is 2. The van der Waals surface area contributed by atoms with Gasteiger partial charge in [0, 0.05) is 17.6 Å². The summed E-state index contributed by atoms with van der Waals surface area (Å²) in [5.41, 5.74) is 5.96. The zero-order chi connectivity index (χ0) is 15.5. The largest absolute Gasteiger partial charge is 0.383 e. The third-order valence-electron chi connectivity index (χ3n) is 4.48. The Morgan fingerprint density at radius 1 is 1.18 bits per heavy atom. The Kier molecular flexibility index (Phi) is 2.78. The van der Waals surface area contributed by atoms with Gasteiger partial charge in [-0.2, -0.15) is 8.42 Å². The first-order chi connectivity index (χ1) is 10.4.